The van der Waals surface area contributed by atoms with Gasteiger partial charge in [-0.25, -0.2) is 12.8 Å². The van der Waals surface area contributed by atoms with Crippen LogP contribution in [0.15, 0.2) is 18.2 Å². The van der Waals surface area contributed by atoms with Crippen LogP contribution in [0.3, 0.4) is 0 Å². The molecule has 3 nitrogen and oxygen atoms in total. The van der Waals surface area contributed by atoms with Crippen LogP contribution in [-0.4, -0.2) is 27.0 Å². The van der Waals surface area contributed by atoms with E-state index in [1.165, 1.54) is 0 Å². The number of sulfone groups is 1. The van der Waals surface area contributed by atoms with E-state index in [4.69, 9.17) is 0 Å². The Morgan fingerprint density at radius 1 is 1.26 bits per heavy atom. The fourth-order valence-corrected chi connectivity index (χ4v) is 2.06. The van der Waals surface area contributed by atoms with Gasteiger partial charge in [-0.05, 0) is 24.6 Å². The molecular formula is C11H13F4NO2S. The van der Waals surface area contributed by atoms with Crippen LogP contribution in [0.25, 0.3) is 0 Å². The van der Waals surface area contributed by atoms with E-state index in [0.29, 0.717) is 12.1 Å². The van der Waals surface area contributed by atoms with Crippen molar-refractivity contribution in [1.82, 2.24) is 0 Å². The highest BCUT2D eigenvalue weighted by molar-refractivity contribution is 7.90. The van der Waals surface area contributed by atoms with Gasteiger partial charge in [0.1, 0.15) is 15.7 Å². The average molecular weight is 299 g/mol. The summed E-state index contributed by atoms with van der Waals surface area (Å²) in [7, 11) is -3.13. The number of rotatable bonds is 5. The maximum absolute atomic E-state index is 13.3. The summed E-state index contributed by atoms with van der Waals surface area (Å²) in [4.78, 5) is 0. The van der Waals surface area contributed by atoms with Crippen molar-refractivity contribution in [1.29, 1.82) is 0 Å². The van der Waals surface area contributed by atoms with Crippen molar-refractivity contribution in [3.63, 3.8) is 0 Å². The van der Waals surface area contributed by atoms with E-state index in [1.807, 2.05) is 0 Å². The van der Waals surface area contributed by atoms with Gasteiger partial charge in [0.25, 0.3) is 0 Å². The summed E-state index contributed by atoms with van der Waals surface area (Å²) < 4.78 is 72.2. The van der Waals surface area contributed by atoms with Gasteiger partial charge in [0.05, 0.1) is 17.0 Å². The van der Waals surface area contributed by atoms with Crippen molar-refractivity contribution in [3.8, 4) is 0 Å². The summed E-state index contributed by atoms with van der Waals surface area (Å²) in [5.41, 5.74) is -1.25. The van der Waals surface area contributed by atoms with Crippen molar-refractivity contribution >= 4 is 15.5 Å². The van der Waals surface area contributed by atoms with Crippen LogP contribution in [0.1, 0.15) is 12.0 Å². The fourth-order valence-electron chi connectivity index (χ4n) is 1.39. The number of benzene rings is 1. The molecule has 0 fully saturated rings. The Bertz CT molecular complexity index is 540. The highest BCUT2D eigenvalue weighted by Crippen LogP contribution is 2.31. The van der Waals surface area contributed by atoms with Crippen molar-refractivity contribution in [2.75, 3.05) is 23.9 Å². The molecule has 0 atom stereocenters. The number of anilines is 1. The lowest BCUT2D eigenvalue weighted by atomic mass is 10.2. The highest BCUT2D eigenvalue weighted by atomic mass is 32.2. The van der Waals surface area contributed by atoms with E-state index in [-0.39, 0.29) is 24.4 Å². The number of halogens is 4. The van der Waals surface area contributed by atoms with Crippen LogP contribution in [-0.2, 0) is 16.0 Å². The Balaban J connectivity index is 2.68. The third kappa shape index (κ3) is 5.46. The van der Waals surface area contributed by atoms with E-state index < -0.39 is 27.4 Å². The molecule has 0 radical (unpaired) electrons. The van der Waals surface area contributed by atoms with E-state index in [1.54, 1.807) is 0 Å². The quantitative estimate of drug-likeness (QED) is 0.671. The molecule has 0 saturated heterocycles. The zero-order valence-electron chi connectivity index (χ0n) is 10.1. The van der Waals surface area contributed by atoms with E-state index in [9.17, 15) is 26.0 Å². The topological polar surface area (TPSA) is 46.2 Å². The predicted molar refractivity (Wildman–Crippen MR) is 64.2 cm³/mol. The van der Waals surface area contributed by atoms with E-state index in [0.717, 1.165) is 12.3 Å². The summed E-state index contributed by atoms with van der Waals surface area (Å²) in [6.45, 7) is 0.0747. The van der Waals surface area contributed by atoms with Gasteiger partial charge < -0.3 is 5.32 Å². The second-order valence-corrected chi connectivity index (χ2v) is 6.36. The van der Waals surface area contributed by atoms with Gasteiger partial charge in [0.15, 0.2) is 0 Å². The monoisotopic (exact) mass is 299 g/mol. The molecule has 0 aliphatic heterocycles. The lowest BCUT2D eigenvalue weighted by Gasteiger charge is -2.11. The van der Waals surface area contributed by atoms with Gasteiger partial charge in [-0.2, -0.15) is 13.2 Å². The first-order valence-electron chi connectivity index (χ1n) is 5.38. The molecule has 1 N–H and O–H groups in total. The van der Waals surface area contributed by atoms with Crippen molar-refractivity contribution in [2.24, 2.45) is 0 Å². The Hall–Kier alpha value is -1.31. The Morgan fingerprint density at radius 2 is 1.89 bits per heavy atom. The Morgan fingerprint density at radius 3 is 2.42 bits per heavy atom. The second kappa shape index (κ2) is 5.77. The molecule has 0 aromatic heterocycles. The highest BCUT2D eigenvalue weighted by Gasteiger charge is 2.31. The molecule has 0 aliphatic carbocycles. The predicted octanol–water partition coefficient (Wildman–Crippen LogP) is 2.69. The third-order valence-corrected chi connectivity index (χ3v) is 3.33. The minimum atomic E-state index is -4.54. The maximum Gasteiger partial charge on any atom is 0.416 e. The molecular weight excluding hydrogens is 286 g/mol. The number of hydrogen-bond acceptors (Lipinski definition) is 3. The minimum absolute atomic E-state index is 0.0747. The molecule has 0 saturated carbocycles. The molecule has 0 unspecified atom stereocenters. The van der Waals surface area contributed by atoms with Crippen molar-refractivity contribution in [3.05, 3.63) is 29.6 Å². The lowest BCUT2D eigenvalue weighted by Crippen LogP contribution is -2.12. The molecule has 0 bridgehead atoms. The van der Waals surface area contributed by atoms with E-state index in [2.05, 4.69) is 5.32 Å². The molecule has 0 aliphatic rings. The van der Waals surface area contributed by atoms with Gasteiger partial charge in [0.2, 0.25) is 0 Å². The van der Waals surface area contributed by atoms with Crippen LogP contribution in [0.5, 0.6) is 0 Å². The first-order valence-corrected chi connectivity index (χ1v) is 7.44. The average Bonchev–Trinajstić information content (AvgIpc) is 2.23. The summed E-state index contributed by atoms with van der Waals surface area (Å²) >= 11 is 0. The number of alkyl halides is 3. The van der Waals surface area contributed by atoms with Gasteiger partial charge in [-0.3, -0.25) is 0 Å². The number of nitrogens with one attached hydrogen (secondary N) is 1. The molecule has 1 aromatic rings. The van der Waals surface area contributed by atoms with Gasteiger partial charge in [-0.15, -0.1) is 0 Å². The van der Waals surface area contributed by atoms with Crippen LogP contribution >= 0.6 is 0 Å². The first-order chi connectivity index (χ1) is 8.59. The maximum atomic E-state index is 13.3. The normalized spacial score (nSPS) is 12.5. The summed E-state index contributed by atoms with van der Waals surface area (Å²) in [6, 6.07) is 2.04. The fraction of sp³-hybridized carbons (Fsp3) is 0.455. The van der Waals surface area contributed by atoms with E-state index >= 15 is 0 Å². The summed E-state index contributed by atoms with van der Waals surface area (Å²) in [6.07, 6.45) is -3.30. The molecule has 0 heterocycles. The molecule has 0 spiro atoms. The molecule has 1 rings (SSSR count). The number of hydrogen-bond donors (Lipinski definition) is 1. The second-order valence-electron chi connectivity index (χ2n) is 4.10. The molecule has 19 heavy (non-hydrogen) atoms. The van der Waals surface area contributed by atoms with Gasteiger partial charge in [0, 0.05) is 12.8 Å². The van der Waals surface area contributed by atoms with Gasteiger partial charge in [-0.1, -0.05) is 0 Å². The van der Waals surface area contributed by atoms with Crippen molar-refractivity contribution in [2.45, 2.75) is 12.6 Å². The third-order valence-electron chi connectivity index (χ3n) is 2.30. The molecule has 8 heteroatoms. The van der Waals surface area contributed by atoms with Crippen molar-refractivity contribution < 1.29 is 26.0 Å². The van der Waals surface area contributed by atoms with Crippen LogP contribution in [0.2, 0.25) is 0 Å². The van der Waals surface area contributed by atoms with Crippen LogP contribution in [0, 0.1) is 5.82 Å². The Labute approximate surface area is 108 Å². The SMILES string of the molecule is CS(=O)(=O)CCCNc1cc(C(F)(F)F)ccc1F. The standard InChI is InChI=1S/C11H13F4NO2S/c1-19(17,18)6-2-5-16-10-7-8(11(13,14)15)3-4-9(10)12/h3-4,7,16H,2,5-6H2,1H3. The zero-order chi connectivity index (χ0) is 14.7. The van der Waals surface area contributed by atoms with Crippen LogP contribution < -0.4 is 5.32 Å². The first kappa shape index (κ1) is 15.7. The van der Waals surface area contributed by atoms with Gasteiger partial charge >= 0.3 is 6.18 Å². The molecule has 108 valence electrons. The smallest absolute Gasteiger partial charge is 0.383 e. The Kier molecular flexibility index (Phi) is 4.78. The summed E-state index contributed by atoms with van der Waals surface area (Å²) in [5, 5.41) is 2.46. The zero-order valence-corrected chi connectivity index (χ0v) is 10.9. The van der Waals surface area contributed by atoms with Crippen LogP contribution in [0.4, 0.5) is 23.2 Å². The molecule has 0 amide bonds. The summed E-state index contributed by atoms with van der Waals surface area (Å²) in [5.74, 6) is -0.923. The largest absolute Gasteiger partial charge is 0.416 e. The minimum Gasteiger partial charge on any atom is -0.383 e. The lowest BCUT2D eigenvalue weighted by molar-refractivity contribution is -0.137. The molecule has 1 aromatic carbocycles.